The molecule has 1 fully saturated rings. The van der Waals surface area contributed by atoms with E-state index in [-0.39, 0.29) is 16.7 Å². The van der Waals surface area contributed by atoms with Crippen molar-refractivity contribution in [3.63, 3.8) is 0 Å². The number of nitrogens with one attached hydrogen (secondary N) is 2. The minimum Gasteiger partial charge on any atom is -0.497 e. The minimum atomic E-state index is -3.60. The van der Waals surface area contributed by atoms with E-state index in [4.69, 9.17) is 4.74 Å². The number of piperidine rings is 1. The second-order valence-corrected chi connectivity index (χ2v) is 8.76. The van der Waals surface area contributed by atoms with Gasteiger partial charge < -0.3 is 15.0 Å². The van der Waals surface area contributed by atoms with Gasteiger partial charge in [-0.15, -0.1) is 0 Å². The molecule has 0 aliphatic carbocycles. The molecular formula is C18H23N5O4S. The highest BCUT2D eigenvalue weighted by Gasteiger charge is 2.36. The minimum absolute atomic E-state index is 0.0503. The van der Waals surface area contributed by atoms with Crippen molar-refractivity contribution in [3.8, 4) is 5.75 Å². The normalized spacial score (nSPS) is 21.6. The van der Waals surface area contributed by atoms with Crippen LogP contribution in [-0.4, -0.2) is 55.4 Å². The summed E-state index contributed by atoms with van der Waals surface area (Å²) in [7, 11) is -0.309. The highest BCUT2D eigenvalue weighted by molar-refractivity contribution is 7.89. The number of hydrogen-bond acceptors (Lipinski definition) is 6. The van der Waals surface area contributed by atoms with Crippen LogP contribution in [0, 0.1) is 5.92 Å². The summed E-state index contributed by atoms with van der Waals surface area (Å²) < 4.78 is 34.8. The Morgan fingerprint density at radius 2 is 2.00 bits per heavy atom. The van der Waals surface area contributed by atoms with Gasteiger partial charge in [-0.1, -0.05) is 0 Å². The zero-order chi connectivity index (χ0) is 19.9. The number of methoxy groups -OCH3 is 1. The van der Waals surface area contributed by atoms with E-state index in [9.17, 15) is 13.2 Å². The number of aryl methyl sites for hydroxylation is 1. The van der Waals surface area contributed by atoms with Crippen LogP contribution in [0.2, 0.25) is 0 Å². The van der Waals surface area contributed by atoms with Gasteiger partial charge in [0.05, 0.1) is 19.0 Å². The van der Waals surface area contributed by atoms with Crippen molar-refractivity contribution >= 4 is 21.6 Å². The Morgan fingerprint density at radius 3 is 2.64 bits per heavy atom. The number of fused-ring (bicyclic) bond motifs is 1. The monoisotopic (exact) mass is 405 g/mol. The predicted octanol–water partition coefficient (Wildman–Crippen LogP) is 1.01. The number of ether oxygens (including phenoxy) is 1. The molecule has 0 radical (unpaired) electrons. The summed E-state index contributed by atoms with van der Waals surface area (Å²) in [6, 6.07) is 6.56. The Hall–Kier alpha value is -2.59. The predicted molar refractivity (Wildman–Crippen MR) is 103 cm³/mol. The van der Waals surface area contributed by atoms with Gasteiger partial charge in [0.15, 0.2) is 0 Å². The zero-order valence-corrected chi connectivity index (χ0v) is 16.6. The number of sulfonamides is 1. The van der Waals surface area contributed by atoms with Crippen LogP contribution in [0.4, 0.5) is 5.69 Å². The molecule has 1 atom stereocenters. The standard InChI is InChI=1S/C18H23N5O4S/c1-22-15(5-8-19-22)18(24)23-9-6-12(7-10-23)17-20-14-11-13(27-2)3-4-16(14)28(25,26)21-17/h3-5,8,11-12,17,20-21H,6-7,9-10H2,1-2H3/t17-/m0/s1. The van der Waals surface area contributed by atoms with Gasteiger partial charge in [-0.3, -0.25) is 9.48 Å². The molecule has 4 rings (SSSR count). The molecule has 2 aromatic rings. The highest BCUT2D eigenvalue weighted by Crippen LogP contribution is 2.33. The van der Waals surface area contributed by atoms with Crippen LogP contribution in [-0.2, 0) is 17.1 Å². The van der Waals surface area contributed by atoms with Gasteiger partial charge in [0.25, 0.3) is 5.91 Å². The molecule has 2 aliphatic rings. The van der Waals surface area contributed by atoms with Crippen molar-refractivity contribution in [1.29, 1.82) is 0 Å². The van der Waals surface area contributed by atoms with E-state index >= 15 is 0 Å². The van der Waals surface area contributed by atoms with Crippen molar-refractivity contribution in [1.82, 2.24) is 19.4 Å². The second-order valence-electron chi connectivity index (χ2n) is 7.08. The van der Waals surface area contributed by atoms with E-state index in [1.54, 1.807) is 48.1 Å². The number of nitrogens with zero attached hydrogens (tertiary/aromatic N) is 3. The number of amides is 1. The van der Waals surface area contributed by atoms with Crippen LogP contribution in [0.3, 0.4) is 0 Å². The highest BCUT2D eigenvalue weighted by atomic mass is 32.2. The fourth-order valence-corrected chi connectivity index (χ4v) is 5.17. The molecule has 1 saturated heterocycles. The molecule has 9 nitrogen and oxygen atoms in total. The fraction of sp³-hybridized carbons (Fsp3) is 0.444. The second kappa shape index (κ2) is 7.10. The van der Waals surface area contributed by atoms with E-state index in [0.29, 0.717) is 43.1 Å². The summed E-state index contributed by atoms with van der Waals surface area (Å²) in [5.74, 6) is 0.620. The van der Waals surface area contributed by atoms with Crippen molar-refractivity contribution in [2.45, 2.75) is 23.9 Å². The Bertz CT molecular complexity index is 995. The Balaban J connectivity index is 1.46. The molecule has 0 saturated carbocycles. The smallest absolute Gasteiger partial charge is 0.272 e. The molecular weight excluding hydrogens is 382 g/mol. The Kier molecular flexibility index (Phi) is 4.76. The molecule has 2 aliphatic heterocycles. The molecule has 0 spiro atoms. The van der Waals surface area contributed by atoms with Gasteiger partial charge in [0.1, 0.15) is 16.3 Å². The summed E-state index contributed by atoms with van der Waals surface area (Å²) in [6.07, 6.45) is 2.58. The lowest BCUT2D eigenvalue weighted by Crippen LogP contribution is -2.52. The average Bonchev–Trinajstić information content (AvgIpc) is 3.12. The van der Waals surface area contributed by atoms with Crippen LogP contribution in [0.5, 0.6) is 5.75 Å². The van der Waals surface area contributed by atoms with Crippen molar-refractivity contribution in [2.24, 2.45) is 13.0 Å². The molecule has 10 heteroatoms. The SMILES string of the molecule is COc1ccc2c(c1)N[C@H](C1CCN(C(=O)c3ccnn3C)CC1)NS2(=O)=O. The Labute approximate surface area is 163 Å². The van der Waals surface area contributed by atoms with E-state index in [1.807, 2.05) is 0 Å². The fourth-order valence-electron chi connectivity index (χ4n) is 3.81. The quantitative estimate of drug-likeness (QED) is 0.790. The van der Waals surface area contributed by atoms with E-state index < -0.39 is 16.2 Å². The topological polar surface area (TPSA) is 106 Å². The third kappa shape index (κ3) is 3.33. The van der Waals surface area contributed by atoms with Gasteiger partial charge in [0, 0.05) is 32.4 Å². The third-order valence-electron chi connectivity index (χ3n) is 5.41. The lowest BCUT2D eigenvalue weighted by molar-refractivity contribution is 0.0668. The zero-order valence-electron chi connectivity index (χ0n) is 15.8. The number of benzene rings is 1. The Morgan fingerprint density at radius 1 is 1.25 bits per heavy atom. The van der Waals surface area contributed by atoms with Crippen LogP contribution in [0.15, 0.2) is 35.4 Å². The van der Waals surface area contributed by atoms with Gasteiger partial charge in [-0.25, -0.2) is 8.42 Å². The number of hydrogen-bond donors (Lipinski definition) is 2. The number of carbonyl (C=O) groups is 1. The van der Waals surface area contributed by atoms with Crippen LogP contribution in [0.1, 0.15) is 23.3 Å². The first kappa shape index (κ1) is 18.8. The maximum Gasteiger partial charge on any atom is 0.272 e. The number of carbonyl (C=O) groups excluding carboxylic acids is 1. The van der Waals surface area contributed by atoms with Crippen molar-refractivity contribution in [3.05, 3.63) is 36.2 Å². The third-order valence-corrected chi connectivity index (χ3v) is 6.91. The van der Waals surface area contributed by atoms with Gasteiger partial charge in [0.2, 0.25) is 10.0 Å². The summed E-state index contributed by atoms with van der Waals surface area (Å²) >= 11 is 0. The molecule has 0 bridgehead atoms. The largest absolute Gasteiger partial charge is 0.497 e. The van der Waals surface area contributed by atoms with Crippen LogP contribution >= 0.6 is 0 Å². The maximum atomic E-state index is 12.6. The molecule has 1 amide bonds. The molecule has 1 aromatic carbocycles. The first-order valence-corrected chi connectivity index (χ1v) is 10.6. The molecule has 28 heavy (non-hydrogen) atoms. The maximum absolute atomic E-state index is 12.6. The van der Waals surface area contributed by atoms with Gasteiger partial charge in [-0.05, 0) is 37.0 Å². The summed E-state index contributed by atoms with van der Waals surface area (Å²) in [5.41, 5.74) is 1.09. The first-order valence-electron chi connectivity index (χ1n) is 9.13. The van der Waals surface area contributed by atoms with E-state index in [2.05, 4.69) is 15.1 Å². The van der Waals surface area contributed by atoms with Gasteiger partial charge in [-0.2, -0.15) is 9.82 Å². The van der Waals surface area contributed by atoms with E-state index in [0.717, 1.165) is 0 Å². The van der Waals surface area contributed by atoms with Gasteiger partial charge >= 0.3 is 0 Å². The first-order chi connectivity index (χ1) is 13.4. The lowest BCUT2D eigenvalue weighted by Gasteiger charge is -2.38. The van der Waals surface area contributed by atoms with E-state index in [1.165, 1.54) is 6.07 Å². The molecule has 150 valence electrons. The van der Waals surface area contributed by atoms with Crippen LogP contribution < -0.4 is 14.8 Å². The average molecular weight is 405 g/mol. The summed E-state index contributed by atoms with van der Waals surface area (Å²) in [4.78, 5) is 14.6. The molecule has 1 aromatic heterocycles. The number of likely N-dealkylation sites (tertiary alicyclic amines) is 1. The number of anilines is 1. The number of rotatable bonds is 3. The van der Waals surface area contributed by atoms with Crippen LogP contribution in [0.25, 0.3) is 0 Å². The molecule has 2 N–H and O–H groups in total. The molecule has 0 unspecified atom stereocenters. The number of aromatic nitrogens is 2. The molecule has 3 heterocycles. The lowest BCUT2D eigenvalue weighted by atomic mass is 9.93. The summed E-state index contributed by atoms with van der Waals surface area (Å²) in [5, 5.41) is 7.33. The summed E-state index contributed by atoms with van der Waals surface area (Å²) in [6.45, 7) is 1.14. The van der Waals surface area contributed by atoms with Crippen molar-refractivity contribution < 1.29 is 17.9 Å². The van der Waals surface area contributed by atoms with Crippen molar-refractivity contribution in [2.75, 3.05) is 25.5 Å².